The molecule has 1 aliphatic carbocycles. The number of benzene rings is 1. The van der Waals surface area contributed by atoms with E-state index in [0.717, 1.165) is 25.7 Å². The molecule has 0 atom stereocenters. The monoisotopic (exact) mass is 405 g/mol. The van der Waals surface area contributed by atoms with Gasteiger partial charge < -0.3 is 9.64 Å². The van der Waals surface area contributed by atoms with E-state index >= 15 is 0 Å². The smallest absolute Gasteiger partial charge is 0.325 e. The molecule has 0 aliphatic heterocycles. The Morgan fingerprint density at radius 3 is 2.62 bits per heavy atom. The average molecular weight is 405 g/mol. The van der Waals surface area contributed by atoms with Gasteiger partial charge in [-0.1, -0.05) is 12.8 Å². The van der Waals surface area contributed by atoms with Crippen LogP contribution in [0.5, 0.6) is 0 Å². The molecule has 0 radical (unpaired) electrons. The van der Waals surface area contributed by atoms with Crippen molar-refractivity contribution in [1.82, 2.24) is 4.90 Å². The van der Waals surface area contributed by atoms with Crippen LogP contribution in [-0.4, -0.2) is 36.5 Å². The number of carbonyl (C=O) groups excluding carboxylic acids is 2. The number of esters is 1. The van der Waals surface area contributed by atoms with Gasteiger partial charge >= 0.3 is 5.97 Å². The third-order valence-corrected chi connectivity index (χ3v) is 4.61. The fourth-order valence-corrected chi connectivity index (χ4v) is 3.31. The largest absolute Gasteiger partial charge is 0.468 e. The van der Waals surface area contributed by atoms with E-state index in [0.29, 0.717) is 9.13 Å². The van der Waals surface area contributed by atoms with Crippen LogP contribution in [0.3, 0.4) is 0 Å². The van der Waals surface area contributed by atoms with E-state index in [1.807, 2.05) is 22.6 Å². The molecule has 0 aromatic heterocycles. The van der Waals surface area contributed by atoms with Gasteiger partial charge in [0.1, 0.15) is 12.4 Å². The minimum Gasteiger partial charge on any atom is -0.468 e. The van der Waals surface area contributed by atoms with Gasteiger partial charge in [-0.15, -0.1) is 0 Å². The second kappa shape index (κ2) is 7.20. The average Bonchev–Trinajstić information content (AvgIpc) is 2.97. The third-order valence-electron chi connectivity index (χ3n) is 3.71. The first-order chi connectivity index (χ1) is 10.0. The fraction of sp³-hybridized carbons (Fsp3) is 0.467. The summed E-state index contributed by atoms with van der Waals surface area (Å²) < 4.78 is 18.4. The summed E-state index contributed by atoms with van der Waals surface area (Å²) in [6, 6.07) is 4.11. The highest BCUT2D eigenvalue weighted by atomic mass is 127. The molecule has 1 amide bonds. The van der Waals surface area contributed by atoms with Gasteiger partial charge in [0, 0.05) is 9.61 Å². The number of methoxy groups -OCH3 is 1. The molecule has 2 rings (SSSR count). The van der Waals surface area contributed by atoms with Gasteiger partial charge in [0.05, 0.1) is 12.7 Å². The van der Waals surface area contributed by atoms with Crippen molar-refractivity contribution in [3.05, 3.63) is 33.1 Å². The maximum atomic E-state index is 13.2. The molecule has 1 aromatic rings. The molecule has 4 nitrogen and oxygen atoms in total. The maximum absolute atomic E-state index is 13.2. The van der Waals surface area contributed by atoms with Crippen molar-refractivity contribution in [3.8, 4) is 0 Å². The van der Waals surface area contributed by atoms with E-state index in [1.165, 1.54) is 25.3 Å². The van der Waals surface area contributed by atoms with Gasteiger partial charge in [-0.3, -0.25) is 9.59 Å². The molecule has 0 unspecified atom stereocenters. The van der Waals surface area contributed by atoms with Gasteiger partial charge in [0.2, 0.25) is 0 Å². The Balaban J connectivity index is 2.26. The SMILES string of the molecule is COC(=O)CN(C(=O)c1ccc(F)cc1I)C1CCCC1. The van der Waals surface area contributed by atoms with Crippen LogP contribution >= 0.6 is 22.6 Å². The van der Waals surface area contributed by atoms with Gasteiger partial charge in [0.25, 0.3) is 5.91 Å². The van der Waals surface area contributed by atoms with Crippen molar-refractivity contribution in [2.75, 3.05) is 13.7 Å². The Morgan fingerprint density at radius 2 is 2.05 bits per heavy atom. The van der Waals surface area contributed by atoms with Crippen molar-refractivity contribution >= 4 is 34.5 Å². The molecule has 0 bridgehead atoms. The molecular weight excluding hydrogens is 388 g/mol. The van der Waals surface area contributed by atoms with Crippen LogP contribution in [0.4, 0.5) is 4.39 Å². The number of hydrogen-bond acceptors (Lipinski definition) is 3. The summed E-state index contributed by atoms with van der Waals surface area (Å²) in [6.07, 6.45) is 3.88. The van der Waals surface area contributed by atoms with Crippen molar-refractivity contribution < 1.29 is 18.7 Å². The lowest BCUT2D eigenvalue weighted by Gasteiger charge is -2.28. The molecule has 1 aromatic carbocycles. The second-order valence-corrected chi connectivity index (χ2v) is 6.23. The summed E-state index contributed by atoms with van der Waals surface area (Å²) in [5, 5.41) is 0. The van der Waals surface area contributed by atoms with Crippen LogP contribution in [0, 0.1) is 9.39 Å². The summed E-state index contributed by atoms with van der Waals surface area (Å²) in [6.45, 7) is -0.0620. The standard InChI is InChI=1S/C15H17FINO3/c1-21-14(19)9-18(11-4-2-3-5-11)15(20)12-7-6-10(16)8-13(12)17/h6-8,11H,2-5,9H2,1H3. The number of rotatable bonds is 4. The topological polar surface area (TPSA) is 46.6 Å². The summed E-state index contributed by atoms with van der Waals surface area (Å²) in [5.41, 5.74) is 0.424. The highest BCUT2D eigenvalue weighted by Gasteiger charge is 2.30. The number of carbonyl (C=O) groups is 2. The lowest BCUT2D eigenvalue weighted by atomic mass is 10.1. The predicted molar refractivity (Wildman–Crippen MR) is 84.4 cm³/mol. The van der Waals surface area contributed by atoms with E-state index < -0.39 is 5.97 Å². The Morgan fingerprint density at radius 1 is 1.38 bits per heavy atom. The summed E-state index contributed by atoms with van der Waals surface area (Å²) >= 11 is 1.94. The van der Waals surface area contributed by atoms with Gasteiger partial charge in [-0.25, -0.2) is 4.39 Å². The minimum absolute atomic E-state index is 0.0532. The molecular formula is C15H17FINO3. The number of hydrogen-bond donors (Lipinski definition) is 0. The zero-order valence-electron chi connectivity index (χ0n) is 11.8. The van der Waals surface area contributed by atoms with Gasteiger partial charge in [-0.2, -0.15) is 0 Å². The number of nitrogens with zero attached hydrogens (tertiary/aromatic N) is 1. The second-order valence-electron chi connectivity index (χ2n) is 5.07. The van der Waals surface area contributed by atoms with Crippen LogP contribution < -0.4 is 0 Å². The van der Waals surface area contributed by atoms with E-state index in [9.17, 15) is 14.0 Å². The normalized spacial score (nSPS) is 15.0. The lowest BCUT2D eigenvalue weighted by molar-refractivity contribution is -0.141. The van der Waals surface area contributed by atoms with E-state index in [-0.39, 0.29) is 24.3 Å². The fourth-order valence-electron chi connectivity index (χ4n) is 2.60. The zero-order valence-corrected chi connectivity index (χ0v) is 13.9. The molecule has 114 valence electrons. The van der Waals surface area contributed by atoms with Crippen LogP contribution in [-0.2, 0) is 9.53 Å². The van der Waals surface area contributed by atoms with Crippen LogP contribution in [0.1, 0.15) is 36.0 Å². The highest BCUT2D eigenvalue weighted by Crippen LogP contribution is 2.26. The first-order valence-electron chi connectivity index (χ1n) is 6.85. The maximum Gasteiger partial charge on any atom is 0.325 e. The highest BCUT2D eigenvalue weighted by molar-refractivity contribution is 14.1. The van der Waals surface area contributed by atoms with E-state index in [1.54, 1.807) is 4.90 Å². The lowest BCUT2D eigenvalue weighted by Crippen LogP contribution is -2.42. The zero-order chi connectivity index (χ0) is 15.4. The molecule has 6 heteroatoms. The van der Waals surface area contributed by atoms with Crippen molar-refractivity contribution in [3.63, 3.8) is 0 Å². The van der Waals surface area contributed by atoms with E-state index in [2.05, 4.69) is 4.74 Å². The predicted octanol–water partition coefficient (Wildman–Crippen LogP) is 2.99. The van der Waals surface area contributed by atoms with Gasteiger partial charge in [-0.05, 0) is 53.6 Å². The molecule has 21 heavy (non-hydrogen) atoms. The molecule has 1 fully saturated rings. The minimum atomic E-state index is -0.438. The third kappa shape index (κ3) is 3.93. The molecule has 1 saturated carbocycles. The Kier molecular flexibility index (Phi) is 5.55. The van der Waals surface area contributed by atoms with E-state index in [4.69, 9.17) is 0 Å². The molecule has 0 N–H and O–H groups in total. The summed E-state index contributed by atoms with van der Waals surface area (Å²) in [4.78, 5) is 25.8. The first kappa shape index (κ1) is 16.2. The van der Waals surface area contributed by atoms with Gasteiger partial charge in [0.15, 0.2) is 0 Å². The Bertz CT molecular complexity index is 544. The molecule has 0 spiro atoms. The van der Waals surface area contributed by atoms with Crippen molar-refractivity contribution in [2.24, 2.45) is 0 Å². The first-order valence-corrected chi connectivity index (χ1v) is 7.93. The van der Waals surface area contributed by atoms with Crippen LogP contribution in [0.2, 0.25) is 0 Å². The molecule has 0 heterocycles. The number of amides is 1. The van der Waals surface area contributed by atoms with Crippen molar-refractivity contribution in [2.45, 2.75) is 31.7 Å². The number of ether oxygens (including phenoxy) is 1. The van der Waals surface area contributed by atoms with Crippen molar-refractivity contribution in [1.29, 1.82) is 0 Å². The summed E-state index contributed by atoms with van der Waals surface area (Å²) in [7, 11) is 1.31. The van der Waals surface area contributed by atoms with Crippen LogP contribution in [0.15, 0.2) is 18.2 Å². The Labute approximate surface area is 136 Å². The van der Waals surface area contributed by atoms with Crippen LogP contribution in [0.25, 0.3) is 0 Å². The number of halogens is 2. The quantitative estimate of drug-likeness (QED) is 0.572. The Hall–Kier alpha value is -1.18. The molecule has 0 saturated heterocycles. The molecule has 1 aliphatic rings. The summed E-state index contributed by atoms with van der Waals surface area (Å²) in [5.74, 6) is -1.06.